The molecule has 6 N–H and O–H groups in total. The minimum absolute atomic E-state index is 0.0972. The molecule has 2 aliphatic rings. The predicted octanol–water partition coefficient (Wildman–Crippen LogP) is -0.456. The second-order valence-corrected chi connectivity index (χ2v) is 9.43. The van der Waals surface area contributed by atoms with Crippen LogP contribution in [0.5, 0.6) is 0 Å². The summed E-state index contributed by atoms with van der Waals surface area (Å²) >= 11 is 2.38. The van der Waals surface area contributed by atoms with Crippen LogP contribution < -0.4 is 16.8 Å². The number of hydrogen-bond donors (Lipinski definition) is 4. The molecule has 188 valence electrons. The van der Waals surface area contributed by atoms with Gasteiger partial charge in [-0.2, -0.15) is 0 Å². The highest BCUT2D eigenvalue weighted by Gasteiger charge is 2.54. The first-order valence-electron chi connectivity index (χ1n) is 10.2. The molecule has 0 aliphatic carbocycles. The topological polar surface area (TPSA) is 216 Å². The molecule has 0 saturated carbocycles. The van der Waals surface area contributed by atoms with E-state index in [4.69, 9.17) is 20.8 Å². The fraction of sp³-hybridized carbons (Fsp3) is 0.250. The standard InChI is InChI=1S/C20H19N7O7S2/c1-33-26-13(11-7-36-20(22)23-11)16(29)24-14-17(30)27-15(19(31)32)8(6-35-18(14)27)2-3-10-4-9(25-34-10)5-12(21)28/h2-4,7,14,18H,5-6H2,1H3,(H2,21,28)(H2,22,23)(H,24,29)(H,31,32)/b3-2+,26-13-. The van der Waals surface area contributed by atoms with Crippen molar-refractivity contribution in [2.24, 2.45) is 10.9 Å². The zero-order chi connectivity index (χ0) is 26.0. The normalized spacial score (nSPS) is 19.8. The third kappa shape index (κ3) is 4.94. The summed E-state index contributed by atoms with van der Waals surface area (Å²) in [5.74, 6) is -2.67. The molecule has 1 saturated heterocycles. The molecule has 2 aromatic heterocycles. The Hall–Kier alpha value is -4.18. The summed E-state index contributed by atoms with van der Waals surface area (Å²) in [5.41, 5.74) is 11.2. The molecule has 4 rings (SSSR count). The van der Waals surface area contributed by atoms with Crippen molar-refractivity contribution in [1.82, 2.24) is 20.4 Å². The van der Waals surface area contributed by atoms with Crippen molar-refractivity contribution in [1.29, 1.82) is 0 Å². The van der Waals surface area contributed by atoms with Crippen molar-refractivity contribution in [2.45, 2.75) is 17.8 Å². The molecular formula is C20H19N7O7S2. The van der Waals surface area contributed by atoms with Crippen molar-refractivity contribution in [2.75, 3.05) is 18.6 Å². The van der Waals surface area contributed by atoms with Gasteiger partial charge in [0.2, 0.25) is 5.91 Å². The average molecular weight is 534 g/mol. The molecular weight excluding hydrogens is 514 g/mol. The predicted molar refractivity (Wildman–Crippen MR) is 128 cm³/mol. The number of carboxylic acid groups (broad SMARTS) is 1. The van der Waals surface area contributed by atoms with Crippen LogP contribution in [0.1, 0.15) is 17.1 Å². The number of primary amides is 1. The van der Waals surface area contributed by atoms with Crippen LogP contribution in [0, 0.1) is 0 Å². The second kappa shape index (κ2) is 10.2. The molecule has 3 amide bonds. The summed E-state index contributed by atoms with van der Waals surface area (Å²) in [6, 6.07) is 0.516. The lowest BCUT2D eigenvalue weighted by atomic mass is 10.0. The number of aliphatic carboxylic acids is 1. The number of rotatable bonds is 9. The summed E-state index contributed by atoms with van der Waals surface area (Å²) in [6.45, 7) is 0. The van der Waals surface area contributed by atoms with E-state index in [-0.39, 0.29) is 40.2 Å². The lowest BCUT2D eigenvalue weighted by Gasteiger charge is -2.49. The zero-order valence-electron chi connectivity index (χ0n) is 18.5. The molecule has 2 unspecified atom stereocenters. The third-order valence-electron chi connectivity index (χ3n) is 5.03. The molecule has 0 spiro atoms. The average Bonchev–Trinajstić information content (AvgIpc) is 3.46. The van der Waals surface area contributed by atoms with Crippen LogP contribution in [-0.2, 0) is 30.4 Å². The van der Waals surface area contributed by atoms with Crippen LogP contribution in [0.3, 0.4) is 0 Å². The van der Waals surface area contributed by atoms with Gasteiger partial charge in [0.25, 0.3) is 11.8 Å². The number of thiazole rings is 1. The van der Waals surface area contributed by atoms with Gasteiger partial charge in [0.15, 0.2) is 16.6 Å². The number of anilines is 1. The number of fused-ring (bicyclic) bond motifs is 1. The Morgan fingerprint density at radius 1 is 1.42 bits per heavy atom. The van der Waals surface area contributed by atoms with Gasteiger partial charge in [-0.1, -0.05) is 16.4 Å². The van der Waals surface area contributed by atoms with E-state index in [0.29, 0.717) is 11.3 Å². The summed E-state index contributed by atoms with van der Waals surface area (Å²) in [5, 5.41) is 20.9. The van der Waals surface area contributed by atoms with Crippen molar-refractivity contribution < 1.29 is 33.6 Å². The van der Waals surface area contributed by atoms with Gasteiger partial charge in [-0.25, -0.2) is 9.78 Å². The number of hydrogen-bond acceptors (Lipinski definition) is 12. The molecule has 0 bridgehead atoms. The Balaban J connectivity index is 1.51. The van der Waals surface area contributed by atoms with Gasteiger partial charge in [0.1, 0.15) is 29.9 Å². The van der Waals surface area contributed by atoms with E-state index < -0.39 is 35.1 Å². The fourth-order valence-electron chi connectivity index (χ4n) is 3.52. The Bertz CT molecular complexity index is 1330. The van der Waals surface area contributed by atoms with E-state index in [1.165, 1.54) is 42.5 Å². The molecule has 16 heteroatoms. The van der Waals surface area contributed by atoms with E-state index in [1.54, 1.807) is 0 Å². The van der Waals surface area contributed by atoms with Gasteiger partial charge in [-0.3, -0.25) is 19.3 Å². The zero-order valence-corrected chi connectivity index (χ0v) is 20.2. The lowest BCUT2D eigenvalue weighted by Crippen LogP contribution is -2.71. The molecule has 2 aromatic rings. The van der Waals surface area contributed by atoms with Crippen LogP contribution >= 0.6 is 23.1 Å². The fourth-order valence-corrected chi connectivity index (χ4v) is 5.39. The quantitative estimate of drug-likeness (QED) is 0.184. The number of oxime groups is 1. The molecule has 1 fully saturated rings. The number of nitrogen functional groups attached to an aromatic ring is 1. The molecule has 36 heavy (non-hydrogen) atoms. The van der Waals surface area contributed by atoms with Crippen LogP contribution in [0.4, 0.5) is 5.13 Å². The highest BCUT2D eigenvalue weighted by atomic mass is 32.2. The SMILES string of the molecule is CO/N=C(\C(=O)NC1C(=O)N2C(C(=O)O)=C(/C=C/c3cc(CC(N)=O)no3)CSC12)c1csc(N)n1. The van der Waals surface area contributed by atoms with Crippen molar-refractivity contribution in [3.63, 3.8) is 0 Å². The van der Waals surface area contributed by atoms with E-state index in [0.717, 1.165) is 16.2 Å². The lowest BCUT2D eigenvalue weighted by molar-refractivity contribution is -0.150. The van der Waals surface area contributed by atoms with Crippen LogP contribution in [-0.4, -0.2) is 73.8 Å². The maximum absolute atomic E-state index is 12.9. The van der Waals surface area contributed by atoms with E-state index in [1.807, 2.05) is 0 Å². The molecule has 2 aliphatic heterocycles. The van der Waals surface area contributed by atoms with Crippen molar-refractivity contribution in [3.05, 3.63) is 45.9 Å². The van der Waals surface area contributed by atoms with Crippen LogP contribution in [0.2, 0.25) is 0 Å². The van der Waals surface area contributed by atoms with Crippen LogP contribution in [0.15, 0.2) is 38.5 Å². The Labute approximate surface area is 211 Å². The number of aromatic nitrogens is 2. The van der Waals surface area contributed by atoms with Gasteiger partial charge >= 0.3 is 5.97 Å². The van der Waals surface area contributed by atoms with Gasteiger partial charge in [0, 0.05) is 17.2 Å². The van der Waals surface area contributed by atoms with Gasteiger partial charge in [0.05, 0.1) is 12.1 Å². The number of allylic oxidation sites excluding steroid dienone is 1. The number of nitrogens with one attached hydrogen (secondary N) is 1. The highest BCUT2D eigenvalue weighted by molar-refractivity contribution is 8.00. The first-order valence-corrected chi connectivity index (χ1v) is 12.1. The van der Waals surface area contributed by atoms with Crippen molar-refractivity contribution in [3.8, 4) is 0 Å². The largest absolute Gasteiger partial charge is 0.477 e. The molecule has 0 aromatic carbocycles. The van der Waals surface area contributed by atoms with Gasteiger partial charge in [-0.05, 0) is 11.6 Å². The van der Waals surface area contributed by atoms with E-state index in [9.17, 15) is 24.3 Å². The number of nitrogens with two attached hydrogens (primary N) is 2. The Kier molecular flexibility index (Phi) is 7.07. The number of carbonyl (C=O) groups is 4. The molecule has 14 nitrogen and oxygen atoms in total. The Morgan fingerprint density at radius 3 is 2.83 bits per heavy atom. The highest BCUT2D eigenvalue weighted by Crippen LogP contribution is 2.40. The smallest absolute Gasteiger partial charge is 0.352 e. The maximum atomic E-state index is 12.9. The molecule has 0 radical (unpaired) electrons. The first-order chi connectivity index (χ1) is 17.2. The Morgan fingerprint density at radius 2 is 2.19 bits per heavy atom. The molecule has 2 atom stereocenters. The van der Waals surface area contributed by atoms with Gasteiger partial charge < -0.3 is 31.3 Å². The monoisotopic (exact) mass is 533 g/mol. The summed E-state index contributed by atoms with van der Waals surface area (Å²) in [7, 11) is 1.26. The van der Waals surface area contributed by atoms with Crippen molar-refractivity contribution >= 4 is 63.7 Å². The maximum Gasteiger partial charge on any atom is 0.352 e. The minimum atomic E-state index is -1.30. The minimum Gasteiger partial charge on any atom is -0.477 e. The van der Waals surface area contributed by atoms with Gasteiger partial charge in [-0.15, -0.1) is 23.1 Å². The number of carboxylic acids is 1. The molecule has 4 heterocycles. The first kappa shape index (κ1) is 24.9. The second-order valence-electron chi connectivity index (χ2n) is 7.43. The number of nitrogens with zero attached hydrogens (tertiary/aromatic N) is 4. The van der Waals surface area contributed by atoms with E-state index in [2.05, 4.69) is 20.6 Å². The summed E-state index contributed by atoms with van der Waals surface area (Å²) in [6.07, 6.45) is 2.88. The van der Waals surface area contributed by atoms with Crippen LogP contribution in [0.25, 0.3) is 6.08 Å². The number of amides is 3. The summed E-state index contributed by atoms with van der Waals surface area (Å²) in [4.78, 5) is 58.6. The number of thioether (sulfide) groups is 1. The third-order valence-corrected chi connectivity index (χ3v) is 7.01. The number of carbonyl (C=O) groups excluding carboxylic acids is 3. The number of β-lactam (4-membered cyclic amide) rings is 1. The summed E-state index contributed by atoms with van der Waals surface area (Å²) < 4.78 is 5.09. The van der Waals surface area contributed by atoms with E-state index >= 15 is 0 Å².